The number of anilines is 1. The minimum absolute atomic E-state index is 0.0915. The third kappa shape index (κ3) is 2.10. The summed E-state index contributed by atoms with van der Waals surface area (Å²) < 4.78 is 1.49. The lowest BCUT2D eigenvalue weighted by Gasteiger charge is -1.95. The number of hydrogen-bond acceptors (Lipinski definition) is 7. The minimum Gasteiger partial charge on any atom is -0.493 e. The molecule has 22 heavy (non-hydrogen) atoms. The molecule has 3 aromatic rings. The summed E-state index contributed by atoms with van der Waals surface area (Å²) in [5.41, 5.74) is 6.31. The van der Waals surface area contributed by atoms with E-state index in [0.29, 0.717) is 16.5 Å². The molecule has 0 amide bonds. The highest BCUT2D eigenvalue weighted by Gasteiger charge is 2.20. The number of nitrogens with one attached hydrogen (secondary N) is 2. The highest BCUT2D eigenvalue weighted by atomic mass is 16.3. The smallest absolute Gasteiger partial charge is 0.326 e. The zero-order valence-electron chi connectivity index (χ0n) is 11.3. The van der Waals surface area contributed by atoms with Crippen LogP contribution in [0.1, 0.15) is 18.5 Å². The summed E-state index contributed by atoms with van der Waals surface area (Å²) in [5, 5.41) is 14.4. The first-order valence-electron chi connectivity index (χ1n) is 6.68. The van der Waals surface area contributed by atoms with Crippen molar-refractivity contribution in [3.63, 3.8) is 0 Å². The van der Waals surface area contributed by atoms with Gasteiger partial charge in [-0.3, -0.25) is 4.98 Å². The molecule has 1 fully saturated rings. The van der Waals surface area contributed by atoms with Crippen LogP contribution in [-0.2, 0) is 0 Å². The SMILES string of the molecule is Nc1nc(=NC2CC2)n2nc/c(=C\c3[nH]c(=O)[nH]c3O)c2n1. The van der Waals surface area contributed by atoms with Gasteiger partial charge in [-0.25, -0.2) is 9.79 Å². The number of imidazole rings is 1. The lowest BCUT2D eigenvalue weighted by Crippen LogP contribution is -2.24. The lowest BCUT2D eigenvalue weighted by atomic mass is 10.3. The number of aromatic amines is 2. The van der Waals surface area contributed by atoms with Crippen molar-refractivity contribution in [2.45, 2.75) is 18.9 Å². The van der Waals surface area contributed by atoms with Gasteiger partial charge in [0, 0.05) is 5.22 Å². The van der Waals surface area contributed by atoms with Gasteiger partial charge in [0.25, 0.3) is 5.62 Å². The molecule has 3 heterocycles. The van der Waals surface area contributed by atoms with Crippen LogP contribution >= 0.6 is 0 Å². The average Bonchev–Trinajstić information content (AvgIpc) is 3.09. The Bertz CT molecular complexity index is 1040. The fourth-order valence-electron chi connectivity index (χ4n) is 2.10. The van der Waals surface area contributed by atoms with Gasteiger partial charge in [0.05, 0.1) is 12.2 Å². The first-order valence-corrected chi connectivity index (χ1v) is 6.68. The quantitative estimate of drug-likeness (QED) is 0.431. The van der Waals surface area contributed by atoms with E-state index in [0.717, 1.165) is 12.8 Å². The van der Waals surface area contributed by atoms with E-state index in [9.17, 15) is 9.90 Å². The van der Waals surface area contributed by atoms with Gasteiger partial charge in [0.2, 0.25) is 11.8 Å². The Balaban J connectivity index is 1.98. The van der Waals surface area contributed by atoms with Crippen LogP contribution in [0.4, 0.5) is 5.95 Å². The lowest BCUT2D eigenvalue weighted by molar-refractivity contribution is 0.454. The molecule has 0 unspecified atom stereocenters. The largest absolute Gasteiger partial charge is 0.493 e. The van der Waals surface area contributed by atoms with Crippen LogP contribution in [-0.4, -0.2) is 40.7 Å². The Hall–Kier alpha value is -3.17. The van der Waals surface area contributed by atoms with Crippen molar-refractivity contribution in [2.75, 3.05) is 5.73 Å². The van der Waals surface area contributed by atoms with E-state index in [1.807, 2.05) is 0 Å². The van der Waals surface area contributed by atoms with E-state index >= 15 is 0 Å². The van der Waals surface area contributed by atoms with Crippen LogP contribution in [0, 0.1) is 0 Å². The molecular weight excluding hydrogens is 288 g/mol. The van der Waals surface area contributed by atoms with Crippen molar-refractivity contribution >= 4 is 17.7 Å². The molecule has 3 aromatic heterocycles. The van der Waals surface area contributed by atoms with Crippen molar-refractivity contribution < 1.29 is 5.11 Å². The second-order valence-corrected chi connectivity index (χ2v) is 5.06. The molecular formula is C12H12N8O2. The van der Waals surface area contributed by atoms with Gasteiger partial charge in [-0.1, -0.05) is 0 Å². The van der Waals surface area contributed by atoms with Crippen molar-refractivity contribution in [3.8, 4) is 5.88 Å². The predicted octanol–water partition coefficient (Wildman–Crippen LogP) is -1.96. The molecule has 0 radical (unpaired) electrons. The summed E-state index contributed by atoms with van der Waals surface area (Å²) in [4.78, 5) is 28.6. The second-order valence-electron chi connectivity index (χ2n) is 5.06. The number of hydrogen-bond donors (Lipinski definition) is 4. The summed E-state index contributed by atoms with van der Waals surface area (Å²) in [6, 6.07) is 0.263. The van der Waals surface area contributed by atoms with Crippen LogP contribution in [0.2, 0.25) is 0 Å². The van der Waals surface area contributed by atoms with Crippen molar-refractivity contribution in [1.29, 1.82) is 0 Å². The highest BCUT2D eigenvalue weighted by molar-refractivity contribution is 5.56. The van der Waals surface area contributed by atoms with Gasteiger partial charge in [0.1, 0.15) is 5.69 Å². The van der Waals surface area contributed by atoms with Crippen LogP contribution in [0.5, 0.6) is 5.88 Å². The first kappa shape index (κ1) is 12.6. The summed E-state index contributed by atoms with van der Waals surface area (Å²) in [7, 11) is 0. The number of aromatic hydroxyl groups is 1. The Kier molecular flexibility index (Phi) is 2.52. The van der Waals surface area contributed by atoms with Crippen LogP contribution in [0.15, 0.2) is 16.0 Å². The Morgan fingerprint density at radius 2 is 2.23 bits per heavy atom. The molecule has 10 nitrogen and oxygen atoms in total. The van der Waals surface area contributed by atoms with Gasteiger partial charge >= 0.3 is 5.69 Å². The molecule has 112 valence electrons. The Morgan fingerprint density at radius 1 is 1.41 bits per heavy atom. The molecule has 0 aliphatic heterocycles. The van der Waals surface area contributed by atoms with Gasteiger partial charge < -0.3 is 15.8 Å². The van der Waals surface area contributed by atoms with Gasteiger partial charge in [-0.15, -0.1) is 0 Å². The fraction of sp³-hybridized carbons (Fsp3) is 0.250. The minimum atomic E-state index is -0.501. The highest BCUT2D eigenvalue weighted by Crippen LogP contribution is 2.22. The third-order valence-electron chi connectivity index (χ3n) is 3.28. The fourth-order valence-corrected chi connectivity index (χ4v) is 2.10. The number of rotatable bonds is 2. The van der Waals surface area contributed by atoms with E-state index in [1.54, 1.807) is 12.3 Å². The van der Waals surface area contributed by atoms with Gasteiger partial charge in [-0.2, -0.15) is 19.6 Å². The number of nitrogen functional groups attached to an aromatic ring is 1. The molecule has 0 atom stereocenters. The topological polar surface area (TPSA) is 150 Å². The third-order valence-corrected chi connectivity index (χ3v) is 3.28. The molecule has 0 spiro atoms. The van der Waals surface area contributed by atoms with Crippen molar-refractivity contribution in [2.24, 2.45) is 4.99 Å². The monoisotopic (exact) mass is 300 g/mol. The number of H-pyrrole nitrogens is 2. The van der Waals surface area contributed by atoms with E-state index in [-0.39, 0.29) is 23.6 Å². The molecule has 10 heteroatoms. The maximum Gasteiger partial charge on any atom is 0.326 e. The standard InChI is InChI=1S/C12H12N8O2/c13-10-17-8-5(3-7-9(21)18-12(22)16-7)4-14-20(8)11(19-10)15-6-1-2-6/h3-4,6,21H,1-2H2,(H2,13,15,19)(H2,16,18,22)/b5-3+. The van der Waals surface area contributed by atoms with E-state index in [4.69, 9.17) is 5.73 Å². The predicted molar refractivity (Wildman–Crippen MR) is 75.6 cm³/mol. The zero-order chi connectivity index (χ0) is 15.3. The summed E-state index contributed by atoms with van der Waals surface area (Å²) in [5.74, 6) is -0.164. The Morgan fingerprint density at radius 3 is 2.91 bits per heavy atom. The molecule has 0 aromatic carbocycles. The average molecular weight is 300 g/mol. The molecule has 5 N–H and O–H groups in total. The molecule has 4 rings (SSSR count). The maximum absolute atomic E-state index is 11.2. The van der Waals surface area contributed by atoms with E-state index < -0.39 is 5.69 Å². The van der Waals surface area contributed by atoms with Gasteiger partial charge in [0.15, 0.2) is 5.65 Å². The maximum atomic E-state index is 11.2. The number of fused-ring (bicyclic) bond motifs is 1. The van der Waals surface area contributed by atoms with E-state index in [1.165, 1.54) is 4.52 Å². The zero-order valence-corrected chi connectivity index (χ0v) is 11.3. The Labute approximate surface area is 122 Å². The van der Waals surface area contributed by atoms with Gasteiger partial charge in [-0.05, 0) is 18.9 Å². The van der Waals surface area contributed by atoms with Crippen molar-refractivity contribution in [3.05, 3.63) is 33.2 Å². The van der Waals surface area contributed by atoms with Crippen LogP contribution in [0.25, 0.3) is 11.7 Å². The van der Waals surface area contributed by atoms with E-state index in [2.05, 4.69) is 30.0 Å². The molecule has 1 saturated carbocycles. The summed E-state index contributed by atoms with van der Waals surface area (Å²) in [6.07, 6.45) is 5.15. The molecule has 0 bridgehead atoms. The number of aromatic nitrogens is 6. The van der Waals surface area contributed by atoms with Crippen LogP contribution in [0.3, 0.4) is 0 Å². The number of nitrogens with two attached hydrogens (primary N) is 1. The summed E-state index contributed by atoms with van der Waals surface area (Å²) >= 11 is 0. The first-order chi connectivity index (χ1) is 10.6. The molecule has 1 aliphatic carbocycles. The number of nitrogens with zero attached hydrogens (tertiary/aromatic N) is 5. The molecule has 1 aliphatic rings. The van der Waals surface area contributed by atoms with Crippen molar-refractivity contribution in [1.82, 2.24) is 29.5 Å². The summed E-state index contributed by atoms with van der Waals surface area (Å²) in [6.45, 7) is 0. The van der Waals surface area contributed by atoms with Crippen LogP contribution < -0.4 is 22.3 Å². The second kappa shape index (κ2) is 4.41. The normalized spacial score (nSPS) is 16.7. The molecule has 0 saturated heterocycles.